The second-order valence-corrected chi connectivity index (χ2v) is 4.58. The number of rotatable bonds is 2. The number of nitro groups is 1. The molecule has 1 aliphatic heterocycles. The molecule has 1 aromatic carbocycles. The van der Waals surface area contributed by atoms with E-state index in [9.17, 15) is 10.1 Å². The molecule has 0 spiro atoms. The zero-order valence-electron chi connectivity index (χ0n) is 10.1. The van der Waals surface area contributed by atoms with E-state index in [-0.39, 0.29) is 10.6 Å². The minimum atomic E-state index is -0.367. The van der Waals surface area contributed by atoms with E-state index in [4.69, 9.17) is 0 Å². The van der Waals surface area contributed by atoms with E-state index in [0.717, 1.165) is 18.8 Å². The lowest BCUT2D eigenvalue weighted by molar-refractivity contribution is -0.384. The highest BCUT2D eigenvalue weighted by molar-refractivity contribution is 5.52. The Kier molecular flexibility index (Phi) is 3.28. The van der Waals surface area contributed by atoms with Gasteiger partial charge < -0.3 is 10.2 Å². The highest BCUT2D eigenvalue weighted by atomic mass is 16.6. The maximum atomic E-state index is 10.6. The van der Waals surface area contributed by atoms with Crippen molar-refractivity contribution in [2.75, 3.05) is 18.0 Å². The Labute approximate surface area is 101 Å². The van der Waals surface area contributed by atoms with Crippen LogP contribution >= 0.6 is 0 Å². The van der Waals surface area contributed by atoms with Crippen LogP contribution in [0, 0.1) is 10.1 Å². The molecule has 17 heavy (non-hydrogen) atoms. The molecule has 0 bridgehead atoms. The molecule has 0 saturated carbocycles. The third-order valence-corrected chi connectivity index (χ3v) is 3.16. The lowest BCUT2D eigenvalue weighted by Crippen LogP contribution is -2.54. The quantitative estimate of drug-likeness (QED) is 0.627. The van der Waals surface area contributed by atoms with Crippen LogP contribution in [0.1, 0.15) is 13.8 Å². The molecule has 0 aromatic heterocycles. The minimum Gasteiger partial charge on any atom is -0.366 e. The molecule has 1 aromatic rings. The summed E-state index contributed by atoms with van der Waals surface area (Å²) in [6.07, 6.45) is 0. The molecule has 92 valence electrons. The number of anilines is 1. The molecule has 2 atom stereocenters. The molecule has 2 rings (SSSR count). The number of hydrogen-bond acceptors (Lipinski definition) is 4. The Bertz CT molecular complexity index is 405. The van der Waals surface area contributed by atoms with Gasteiger partial charge in [0.2, 0.25) is 0 Å². The zero-order valence-corrected chi connectivity index (χ0v) is 10.1. The van der Waals surface area contributed by atoms with E-state index >= 15 is 0 Å². The van der Waals surface area contributed by atoms with Gasteiger partial charge in [0, 0.05) is 43.0 Å². The van der Waals surface area contributed by atoms with Crippen molar-refractivity contribution in [3.8, 4) is 0 Å². The first kappa shape index (κ1) is 11.9. The van der Waals surface area contributed by atoms with E-state index in [1.165, 1.54) is 0 Å². The normalized spacial score (nSPS) is 24.7. The average molecular weight is 235 g/mol. The Hall–Kier alpha value is -1.62. The van der Waals surface area contributed by atoms with E-state index in [2.05, 4.69) is 24.1 Å². The molecule has 0 amide bonds. The van der Waals surface area contributed by atoms with E-state index in [0.29, 0.717) is 12.1 Å². The van der Waals surface area contributed by atoms with Crippen molar-refractivity contribution in [1.82, 2.24) is 5.32 Å². The van der Waals surface area contributed by atoms with Crippen LogP contribution in [-0.4, -0.2) is 30.1 Å². The first-order valence-electron chi connectivity index (χ1n) is 5.82. The first-order chi connectivity index (χ1) is 8.08. The van der Waals surface area contributed by atoms with Gasteiger partial charge in [-0.05, 0) is 26.0 Å². The predicted octanol–water partition coefficient (Wildman–Crippen LogP) is 1.78. The fourth-order valence-corrected chi connectivity index (χ4v) is 2.15. The Morgan fingerprint density at radius 3 is 2.59 bits per heavy atom. The molecule has 0 aliphatic carbocycles. The molecule has 1 N–H and O–H groups in total. The minimum absolute atomic E-state index is 0.143. The van der Waals surface area contributed by atoms with Crippen LogP contribution in [0.25, 0.3) is 0 Å². The number of nitro benzene ring substituents is 1. The molecule has 1 fully saturated rings. The first-order valence-corrected chi connectivity index (χ1v) is 5.82. The summed E-state index contributed by atoms with van der Waals surface area (Å²) in [5, 5.41) is 14.0. The third kappa shape index (κ3) is 2.55. The molecule has 2 unspecified atom stereocenters. The van der Waals surface area contributed by atoms with Gasteiger partial charge in [-0.15, -0.1) is 0 Å². The molecular weight excluding hydrogens is 218 g/mol. The van der Waals surface area contributed by atoms with Gasteiger partial charge in [0.25, 0.3) is 5.69 Å². The van der Waals surface area contributed by atoms with Crippen molar-refractivity contribution in [1.29, 1.82) is 0 Å². The molecule has 5 nitrogen and oxygen atoms in total. The van der Waals surface area contributed by atoms with Crippen LogP contribution in [0.2, 0.25) is 0 Å². The molecule has 5 heteroatoms. The molecule has 1 saturated heterocycles. The third-order valence-electron chi connectivity index (χ3n) is 3.16. The van der Waals surface area contributed by atoms with Gasteiger partial charge in [0.05, 0.1) is 4.92 Å². The number of benzene rings is 1. The molecule has 0 radical (unpaired) electrons. The van der Waals surface area contributed by atoms with Crippen molar-refractivity contribution in [2.45, 2.75) is 25.9 Å². The highest BCUT2D eigenvalue weighted by Gasteiger charge is 2.22. The maximum absolute atomic E-state index is 10.6. The van der Waals surface area contributed by atoms with E-state index < -0.39 is 0 Å². The summed E-state index contributed by atoms with van der Waals surface area (Å²) in [7, 11) is 0. The van der Waals surface area contributed by atoms with Gasteiger partial charge in [-0.3, -0.25) is 10.1 Å². The highest BCUT2D eigenvalue weighted by Crippen LogP contribution is 2.22. The number of hydrogen-bond donors (Lipinski definition) is 1. The Morgan fingerprint density at radius 2 is 2.00 bits per heavy atom. The van der Waals surface area contributed by atoms with Crippen molar-refractivity contribution < 1.29 is 4.92 Å². The van der Waals surface area contributed by atoms with Gasteiger partial charge in [-0.25, -0.2) is 0 Å². The number of piperazine rings is 1. The zero-order chi connectivity index (χ0) is 12.4. The summed E-state index contributed by atoms with van der Waals surface area (Å²) >= 11 is 0. The van der Waals surface area contributed by atoms with Crippen LogP contribution < -0.4 is 10.2 Å². The van der Waals surface area contributed by atoms with Gasteiger partial charge in [-0.2, -0.15) is 0 Å². The summed E-state index contributed by atoms with van der Waals surface area (Å²) in [5.41, 5.74) is 1.20. The summed E-state index contributed by atoms with van der Waals surface area (Å²) in [6.45, 7) is 6.17. The molecule has 1 heterocycles. The summed E-state index contributed by atoms with van der Waals surface area (Å²) in [4.78, 5) is 12.5. The van der Waals surface area contributed by atoms with Gasteiger partial charge in [-0.1, -0.05) is 0 Å². The summed E-state index contributed by atoms with van der Waals surface area (Å²) < 4.78 is 0. The molecular formula is C12H17N3O2. The van der Waals surface area contributed by atoms with Crippen molar-refractivity contribution in [3.63, 3.8) is 0 Å². The number of non-ortho nitro benzene ring substituents is 1. The SMILES string of the molecule is CC1CN(c2ccc([N+](=O)[O-])cc2)C(C)CN1. The average Bonchev–Trinajstić information content (AvgIpc) is 2.32. The second kappa shape index (κ2) is 4.71. The summed E-state index contributed by atoms with van der Waals surface area (Å²) in [5.74, 6) is 0. The van der Waals surface area contributed by atoms with Gasteiger partial charge in [0.1, 0.15) is 0 Å². The lowest BCUT2D eigenvalue weighted by Gasteiger charge is -2.39. The predicted molar refractivity (Wildman–Crippen MR) is 67.4 cm³/mol. The number of nitrogens with one attached hydrogen (secondary N) is 1. The number of nitrogens with zero attached hydrogens (tertiary/aromatic N) is 2. The fourth-order valence-electron chi connectivity index (χ4n) is 2.15. The Balaban J connectivity index is 2.18. The smallest absolute Gasteiger partial charge is 0.269 e. The van der Waals surface area contributed by atoms with Gasteiger partial charge in [0.15, 0.2) is 0 Å². The van der Waals surface area contributed by atoms with Crippen LogP contribution in [0.5, 0.6) is 0 Å². The second-order valence-electron chi connectivity index (χ2n) is 4.58. The van der Waals surface area contributed by atoms with E-state index in [1.54, 1.807) is 12.1 Å². The van der Waals surface area contributed by atoms with Crippen LogP contribution in [-0.2, 0) is 0 Å². The monoisotopic (exact) mass is 235 g/mol. The largest absolute Gasteiger partial charge is 0.366 e. The molecule has 1 aliphatic rings. The van der Waals surface area contributed by atoms with Crippen molar-refractivity contribution >= 4 is 11.4 Å². The van der Waals surface area contributed by atoms with Crippen LogP contribution in [0.15, 0.2) is 24.3 Å². The van der Waals surface area contributed by atoms with Crippen LogP contribution in [0.3, 0.4) is 0 Å². The van der Waals surface area contributed by atoms with Gasteiger partial charge >= 0.3 is 0 Å². The standard InChI is InChI=1S/C12H17N3O2/c1-9-8-14(10(2)7-13-9)11-3-5-12(6-4-11)15(16)17/h3-6,9-10,13H,7-8H2,1-2H3. The van der Waals surface area contributed by atoms with E-state index in [1.807, 2.05) is 12.1 Å². The fraction of sp³-hybridized carbons (Fsp3) is 0.500. The topological polar surface area (TPSA) is 58.4 Å². The maximum Gasteiger partial charge on any atom is 0.269 e. The van der Waals surface area contributed by atoms with Crippen molar-refractivity contribution in [2.24, 2.45) is 0 Å². The summed E-state index contributed by atoms with van der Waals surface area (Å²) in [6, 6.07) is 7.64. The van der Waals surface area contributed by atoms with Crippen LogP contribution in [0.4, 0.5) is 11.4 Å². The van der Waals surface area contributed by atoms with Crippen molar-refractivity contribution in [3.05, 3.63) is 34.4 Å². The lowest BCUT2D eigenvalue weighted by atomic mass is 10.1. The Morgan fingerprint density at radius 1 is 1.35 bits per heavy atom.